The van der Waals surface area contributed by atoms with Gasteiger partial charge in [-0.25, -0.2) is 4.39 Å². The molecule has 0 spiro atoms. The van der Waals surface area contributed by atoms with Crippen LogP contribution in [0.2, 0.25) is 0 Å². The summed E-state index contributed by atoms with van der Waals surface area (Å²) >= 11 is 0. The zero-order valence-corrected chi connectivity index (χ0v) is 27.1. The summed E-state index contributed by atoms with van der Waals surface area (Å²) in [6.07, 6.45) is 2.50. The van der Waals surface area contributed by atoms with Gasteiger partial charge in [-0.2, -0.15) is 0 Å². The second-order valence-corrected chi connectivity index (χ2v) is 11.6. The highest BCUT2D eigenvalue weighted by atomic mass is 35.5. The Morgan fingerprint density at radius 3 is 2.08 bits per heavy atom. The number of likely N-dealkylation sites (N-methyl/N-ethyl adjacent to an activating group) is 1. The smallest absolute Gasteiger partial charge is 0.229 e. The molecule has 2 saturated heterocycles. The molecule has 2 aromatic rings. The fourth-order valence-corrected chi connectivity index (χ4v) is 6.09. The van der Waals surface area contributed by atoms with E-state index in [1.165, 1.54) is 11.6 Å². The van der Waals surface area contributed by atoms with Crippen LogP contribution in [0.4, 0.5) is 10.1 Å². The van der Waals surface area contributed by atoms with Gasteiger partial charge in [0.1, 0.15) is 5.82 Å². The molecule has 0 N–H and O–H groups in total. The Kier molecular flexibility index (Phi) is 15.5. The van der Waals surface area contributed by atoms with Crippen LogP contribution in [0.3, 0.4) is 0 Å². The van der Waals surface area contributed by atoms with Crippen molar-refractivity contribution in [2.24, 2.45) is 11.8 Å². The van der Waals surface area contributed by atoms with Crippen molar-refractivity contribution in [3.63, 3.8) is 0 Å². The zero-order valence-electron chi connectivity index (χ0n) is 24.7. The third kappa shape index (κ3) is 9.57. The maximum atomic E-state index is 14.3. The van der Waals surface area contributed by atoms with Crippen LogP contribution in [0.5, 0.6) is 0 Å². The number of halogens is 4. The summed E-state index contributed by atoms with van der Waals surface area (Å²) in [7, 11) is 4.27. The van der Waals surface area contributed by atoms with Gasteiger partial charge in [-0.15, -0.1) is 37.2 Å². The van der Waals surface area contributed by atoms with Gasteiger partial charge >= 0.3 is 0 Å². The Morgan fingerprint density at radius 1 is 0.925 bits per heavy atom. The molecular weight excluding hydrogens is 570 g/mol. The first-order valence-electron chi connectivity index (χ1n) is 14.0. The Labute approximate surface area is 259 Å². The lowest BCUT2D eigenvalue weighted by Crippen LogP contribution is -2.48. The first kappa shape index (κ1) is 36.6. The van der Waals surface area contributed by atoms with E-state index < -0.39 is 0 Å². The number of carbonyl (C=O) groups is 1. The zero-order chi connectivity index (χ0) is 26.5. The van der Waals surface area contributed by atoms with Crippen molar-refractivity contribution in [3.8, 4) is 0 Å². The molecule has 1 amide bonds. The van der Waals surface area contributed by atoms with Gasteiger partial charge in [-0.05, 0) is 81.4 Å². The highest BCUT2D eigenvalue weighted by Crippen LogP contribution is 2.34. The number of hydrogen-bond donors (Lipinski definition) is 0. The normalized spacial score (nSPS) is 20.1. The Balaban J connectivity index is 0.00000267. The van der Waals surface area contributed by atoms with Gasteiger partial charge in [0.05, 0.1) is 0 Å². The van der Waals surface area contributed by atoms with E-state index >= 15 is 0 Å². The lowest BCUT2D eigenvalue weighted by Gasteiger charge is -2.38. The fourth-order valence-electron chi connectivity index (χ4n) is 6.09. The molecule has 0 bridgehead atoms. The van der Waals surface area contributed by atoms with E-state index in [0.717, 1.165) is 81.0 Å². The number of benzene rings is 2. The van der Waals surface area contributed by atoms with Gasteiger partial charge in [-0.3, -0.25) is 9.69 Å². The highest BCUT2D eigenvalue weighted by molar-refractivity contribution is 5.97. The SMILES string of the molecule is Cc1cc(CCN2CCN(CCN(C)C)CC2)cc(C)c1N1C[C@@H](Cc2ccccc2F)C[C@@H](C)C1=O.Cl.Cl.Cl. The molecule has 2 atom stereocenters. The third-order valence-corrected chi connectivity index (χ3v) is 8.15. The van der Waals surface area contributed by atoms with Crippen LogP contribution in [0, 0.1) is 31.5 Å². The topological polar surface area (TPSA) is 30.0 Å². The Morgan fingerprint density at radius 2 is 1.50 bits per heavy atom. The molecule has 2 fully saturated rings. The standard InChI is InChI=1S/C31H45FN4O.3ClH/c1-23-18-26(10-11-34-14-16-35(17-15-34)13-12-33(4)5)19-24(2)30(23)36-22-27(20-25(3)31(36)37)21-28-8-6-7-9-29(28)32;;;/h6-9,18-19,25,27H,10-17,20-22H2,1-5H3;3*1H/t25-,27-;;;/m1.../s1. The molecule has 2 aliphatic heterocycles. The molecule has 0 unspecified atom stereocenters. The van der Waals surface area contributed by atoms with Crippen molar-refractivity contribution in [2.45, 2.75) is 40.0 Å². The lowest BCUT2D eigenvalue weighted by molar-refractivity contribution is -0.124. The monoisotopic (exact) mass is 616 g/mol. The number of piperidine rings is 1. The number of aryl methyl sites for hydroxylation is 2. The van der Waals surface area contributed by atoms with Crippen molar-refractivity contribution in [3.05, 3.63) is 64.5 Å². The molecule has 226 valence electrons. The number of nitrogens with zero attached hydrogens (tertiary/aromatic N) is 4. The summed E-state index contributed by atoms with van der Waals surface area (Å²) < 4.78 is 14.3. The minimum Gasteiger partial charge on any atom is -0.311 e. The third-order valence-electron chi connectivity index (χ3n) is 8.15. The number of rotatable bonds is 9. The minimum absolute atomic E-state index is 0. The molecule has 2 heterocycles. The predicted octanol–water partition coefficient (Wildman–Crippen LogP) is 5.66. The van der Waals surface area contributed by atoms with E-state index in [4.69, 9.17) is 0 Å². The van der Waals surface area contributed by atoms with Gasteiger partial charge in [0, 0.05) is 64.0 Å². The average Bonchev–Trinajstić information content (AvgIpc) is 2.86. The van der Waals surface area contributed by atoms with Gasteiger partial charge in [0.15, 0.2) is 0 Å². The van der Waals surface area contributed by atoms with Crippen molar-refractivity contribution >= 4 is 48.8 Å². The van der Waals surface area contributed by atoms with Crippen LogP contribution < -0.4 is 4.90 Å². The molecule has 2 aromatic carbocycles. The number of piperazine rings is 1. The molecule has 4 rings (SSSR count). The van der Waals surface area contributed by atoms with Crippen LogP contribution in [0.15, 0.2) is 36.4 Å². The maximum Gasteiger partial charge on any atom is 0.229 e. The summed E-state index contributed by atoms with van der Waals surface area (Å²) in [4.78, 5) is 22.6. The number of hydrogen-bond acceptors (Lipinski definition) is 4. The van der Waals surface area contributed by atoms with Gasteiger partial charge in [0.2, 0.25) is 5.91 Å². The predicted molar refractivity (Wildman–Crippen MR) is 173 cm³/mol. The van der Waals surface area contributed by atoms with Crippen molar-refractivity contribution in [1.29, 1.82) is 0 Å². The maximum absolute atomic E-state index is 14.3. The second kappa shape index (κ2) is 16.9. The first-order valence-corrected chi connectivity index (χ1v) is 14.0. The molecule has 5 nitrogen and oxygen atoms in total. The molecule has 0 radical (unpaired) electrons. The Bertz CT molecular complexity index is 1060. The molecule has 9 heteroatoms. The van der Waals surface area contributed by atoms with E-state index in [-0.39, 0.29) is 60.8 Å². The number of anilines is 1. The van der Waals surface area contributed by atoms with Gasteiger partial charge in [0.25, 0.3) is 0 Å². The van der Waals surface area contributed by atoms with Crippen molar-refractivity contribution < 1.29 is 9.18 Å². The van der Waals surface area contributed by atoms with E-state index in [1.807, 2.05) is 24.0 Å². The van der Waals surface area contributed by atoms with E-state index in [9.17, 15) is 9.18 Å². The summed E-state index contributed by atoms with van der Waals surface area (Å²) in [6, 6.07) is 11.6. The van der Waals surface area contributed by atoms with Gasteiger partial charge in [-0.1, -0.05) is 37.3 Å². The quantitative estimate of drug-likeness (QED) is 0.363. The summed E-state index contributed by atoms with van der Waals surface area (Å²) in [5.74, 6) is 0.237. The lowest BCUT2D eigenvalue weighted by atomic mass is 9.84. The van der Waals surface area contributed by atoms with Crippen LogP contribution in [-0.4, -0.2) is 87.1 Å². The average molecular weight is 618 g/mol. The molecule has 0 aromatic heterocycles. The molecule has 2 aliphatic rings. The fraction of sp³-hybridized carbons (Fsp3) is 0.581. The van der Waals surface area contributed by atoms with Crippen LogP contribution in [-0.2, 0) is 17.6 Å². The summed E-state index contributed by atoms with van der Waals surface area (Å²) in [5.41, 5.74) is 5.46. The van der Waals surface area contributed by atoms with Crippen molar-refractivity contribution in [1.82, 2.24) is 14.7 Å². The summed E-state index contributed by atoms with van der Waals surface area (Å²) in [5, 5.41) is 0. The minimum atomic E-state index is -0.148. The molecule has 40 heavy (non-hydrogen) atoms. The van der Waals surface area contributed by atoms with Crippen LogP contribution in [0.1, 0.15) is 35.6 Å². The van der Waals surface area contributed by atoms with E-state index in [2.05, 4.69) is 54.8 Å². The largest absolute Gasteiger partial charge is 0.311 e. The van der Waals surface area contributed by atoms with E-state index in [0.29, 0.717) is 13.0 Å². The van der Waals surface area contributed by atoms with Gasteiger partial charge < -0.3 is 14.7 Å². The van der Waals surface area contributed by atoms with Crippen LogP contribution >= 0.6 is 37.2 Å². The highest BCUT2D eigenvalue weighted by Gasteiger charge is 2.34. The Hall–Kier alpha value is -1.41. The summed E-state index contributed by atoms with van der Waals surface area (Å²) in [6.45, 7) is 14.8. The van der Waals surface area contributed by atoms with Crippen LogP contribution in [0.25, 0.3) is 0 Å². The number of carbonyl (C=O) groups excluding carboxylic acids is 1. The van der Waals surface area contributed by atoms with E-state index in [1.54, 1.807) is 6.07 Å². The molecule has 0 saturated carbocycles. The number of amides is 1. The molecular formula is C31H48Cl3FN4O. The molecule has 0 aliphatic carbocycles. The van der Waals surface area contributed by atoms with Crippen molar-refractivity contribution in [2.75, 3.05) is 71.4 Å². The first-order chi connectivity index (χ1) is 17.7. The second-order valence-electron chi connectivity index (χ2n) is 11.6.